The van der Waals surface area contributed by atoms with E-state index in [1.807, 2.05) is 6.92 Å². The molecule has 2 N–H and O–H groups in total. The number of nitrogens with one attached hydrogen (secondary N) is 1. The number of carbonyl (C=O) groups excluding carboxylic acids is 1. The predicted molar refractivity (Wildman–Crippen MR) is 134 cm³/mol. The molecule has 0 bridgehead atoms. The number of benzene rings is 2. The number of halogens is 3. The van der Waals surface area contributed by atoms with E-state index in [0.29, 0.717) is 12.0 Å². The Labute approximate surface area is 215 Å². The van der Waals surface area contributed by atoms with Crippen LogP contribution in [-0.4, -0.2) is 25.9 Å². The van der Waals surface area contributed by atoms with Crippen LogP contribution in [0.4, 0.5) is 18.9 Å². The van der Waals surface area contributed by atoms with Crippen molar-refractivity contribution < 1.29 is 28.0 Å². The molecule has 1 unspecified atom stereocenters. The van der Waals surface area contributed by atoms with E-state index in [-0.39, 0.29) is 51.5 Å². The van der Waals surface area contributed by atoms with Gasteiger partial charge in [0.05, 0.1) is 27.6 Å². The average Bonchev–Trinajstić information content (AvgIpc) is 2.90. The molecule has 0 spiro atoms. The maximum Gasteiger partial charge on any atom is 0.417 e. The quantitative estimate of drug-likeness (QED) is 0.206. The van der Waals surface area contributed by atoms with E-state index in [0.717, 1.165) is 18.6 Å². The van der Waals surface area contributed by atoms with Crippen molar-refractivity contribution in [2.24, 2.45) is 0 Å². The van der Waals surface area contributed by atoms with Crippen LogP contribution in [0.2, 0.25) is 0 Å². The Morgan fingerprint density at radius 3 is 2.55 bits per heavy atom. The third-order valence-corrected chi connectivity index (χ3v) is 6.07. The number of phenolic OH excluding ortho intramolecular Hbond substituents is 1. The Morgan fingerprint density at radius 1 is 1.13 bits per heavy atom. The summed E-state index contributed by atoms with van der Waals surface area (Å²) in [4.78, 5) is 32.2. The highest BCUT2D eigenvalue weighted by molar-refractivity contribution is 5.94. The number of nitrogens with zero attached hydrogens (tertiary/aromatic N) is 3. The van der Waals surface area contributed by atoms with Crippen molar-refractivity contribution in [1.29, 1.82) is 0 Å². The summed E-state index contributed by atoms with van der Waals surface area (Å²) in [7, 11) is 0. The van der Waals surface area contributed by atoms with Gasteiger partial charge in [0, 0.05) is 36.0 Å². The molecule has 0 saturated heterocycles. The number of aromatic nitrogens is 2. The van der Waals surface area contributed by atoms with Gasteiger partial charge in [0.25, 0.3) is 5.69 Å². The van der Waals surface area contributed by atoms with Crippen LogP contribution in [0.15, 0.2) is 67.0 Å². The van der Waals surface area contributed by atoms with E-state index in [1.54, 1.807) is 0 Å². The molecule has 8 nitrogen and oxygen atoms in total. The largest absolute Gasteiger partial charge is 0.505 e. The molecule has 2 heterocycles. The van der Waals surface area contributed by atoms with Crippen LogP contribution in [0.5, 0.6) is 5.75 Å². The number of phenols is 1. The maximum atomic E-state index is 13.5. The number of amides is 1. The second kappa shape index (κ2) is 10.8. The number of fused-ring (bicyclic) bond motifs is 1. The van der Waals surface area contributed by atoms with Crippen molar-refractivity contribution >= 4 is 22.5 Å². The van der Waals surface area contributed by atoms with Gasteiger partial charge in [-0.2, -0.15) is 13.2 Å². The van der Waals surface area contributed by atoms with Crippen molar-refractivity contribution in [2.45, 2.75) is 38.4 Å². The number of carbonyl (C=O) groups is 1. The highest BCUT2D eigenvalue weighted by Crippen LogP contribution is 2.40. The Hall–Kier alpha value is -4.54. The van der Waals surface area contributed by atoms with Crippen molar-refractivity contribution in [2.75, 3.05) is 0 Å². The molecule has 11 heteroatoms. The van der Waals surface area contributed by atoms with Crippen LogP contribution in [0.25, 0.3) is 22.2 Å². The molecule has 0 radical (unpaired) electrons. The number of non-ortho nitro benzene ring substituents is 1. The molecule has 1 atom stereocenters. The van der Waals surface area contributed by atoms with Gasteiger partial charge in [-0.1, -0.05) is 37.6 Å². The summed E-state index contributed by atoms with van der Waals surface area (Å²) in [5.74, 6) is -0.731. The minimum absolute atomic E-state index is 0.0120. The molecule has 0 aliphatic heterocycles. The van der Waals surface area contributed by atoms with Crippen molar-refractivity contribution in [3.05, 3.63) is 93.8 Å². The van der Waals surface area contributed by atoms with E-state index in [4.69, 9.17) is 0 Å². The smallest absolute Gasteiger partial charge is 0.417 e. The van der Waals surface area contributed by atoms with Gasteiger partial charge in [-0.15, -0.1) is 0 Å². The molecule has 0 aliphatic rings. The zero-order valence-corrected chi connectivity index (χ0v) is 20.2. The SMILES string of the molecule is CCCCC(=O)NC(c1ccc(-c2ccccc2C(F)(F)F)nc1)c1cc([N+](=O)[O-])c2cccnc2c1O. The van der Waals surface area contributed by atoms with Crippen LogP contribution in [0, 0.1) is 10.1 Å². The molecule has 38 heavy (non-hydrogen) atoms. The number of aromatic hydroxyl groups is 1. The van der Waals surface area contributed by atoms with Gasteiger partial charge < -0.3 is 10.4 Å². The highest BCUT2D eigenvalue weighted by Gasteiger charge is 2.34. The molecular formula is C27H23F3N4O4. The molecular weight excluding hydrogens is 501 g/mol. The average molecular weight is 524 g/mol. The lowest BCUT2D eigenvalue weighted by atomic mass is 9.95. The molecule has 4 rings (SSSR count). The monoisotopic (exact) mass is 524 g/mol. The first-order valence-corrected chi connectivity index (χ1v) is 11.8. The van der Waals surface area contributed by atoms with Gasteiger partial charge in [-0.05, 0) is 36.2 Å². The van der Waals surface area contributed by atoms with Gasteiger partial charge >= 0.3 is 6.18 Å². The summed E-state index contributed by atoms with van der Waals surface area (Å²) in [5.41, 5.74) is -0.943. The highest BCUT2D eigenvalue weighted by atomic mass is 19.4. The van der Waals surface area contributed by atoms with E-state index < -0.39 is 22.7 Å². The number of unbranched alkanes of at least 4 members (excludes halogenated alkanes) is 1. The standard InChI is InChI=1S/C27H23F3N4O4/c1-2-3-10-23(35)33-24(19-14-22(34(37)38)18-8-6-13-31-25(18)26(19)36)16-11-12-21(32-15-16)17-7-4-5-9-20(17)27(28,29)30/h4-9,11-15,24,36H,2-3,10H2,1H3,(H,33,35). The Bertz CT molecular complexity index is 1490. The lowest BCUT2D eigenvalue weighted by Crippen LogP contribution is -2.29. The van der Waals surface area contributed by atoms with E-state index in [1.165, 1.54) is 54.9 Å². The third kappa shape index (κ3) is 5.41. The third-order valence-electron chi connectivity index (χ3n) is 6.07. The lowest BCUT2D eigenvalue weighted by molar-refractivity contribution is -0.383. The number of nitro benzene ring substituents is 1. The van der Waals surface area contributed by atoms with E-state index in [9.17, 15) is 33.2 Å². The number of nitro groups is 1. The Morgan fingerprint density at radius 2 is 1.89 bits per heavy atom. The fourth-order valence-corrected chi connectivity index (χ4v) is 4.20. The summed E-state index contributed by atoms with van der Waals surface area (Å²) in [5, 5.41) is 25.8. The fraction of sp³-hybridized carbons (Fsp3) is 0.222. The molecule has 4 aromatic rings. The zero-order chi connectivity index (χ0) is 27.4. The van der Waals surface area contributed by atoms with Crippen molar-refractivity contribution in [1.82, 2.24) is 15.3 Å². The van der Waals surface area contributed by atoms with Gasteiger partial charge in [0.2, 0.25) is 5.91 Å². The Balaban J connectivity index is 1.84. The van der Waals surface area contributed by atoms with Crippen LogP contribution >= 0.6 is 0 Å². The van der Waals surface area contributed by atoms with Gasteiger partial charge in [-0.3, -0.25) is 24.9 Å². The second-order valence-corrected chi connectivity index (χ2v) is 8.61. The predicted octanol–water partition coefficient (Wildman–Crippen LogP) is 6.33. The van der Waals surface area contributed by atoms with Crippen LogP contribution in [0.1, 0.15) is 48.9 Å². The number of alkyl halides is 3. The van der Waals surface area contributed by atoms with Gasteiger partial charge in [-0.25, -0.2) is 0 Å². The van der Waals surface area contributed by atoms with Crippen LogP contribution in [-0.2, 0) is 11.0 Å². The number of hydrogen-bond acceptors (Lipinski definition) is 6. The number of hydrogen-bond donors (Lipinski definition) is 2. The second-order valence-electron chi connectivity index (χ2n) is 8.61. The summed E-state index contributed by atoms with van der Waals surface area (Å²) in [6.45, 7) is 1.91. The normalized spacial score (nSPS) is 12.3. The fourth-order valence-electron chi connectivity index (χ4n) is 4.20. The number of pyridine rings is 2. The molecule has 0 saturated carbocycles. The Kier molecular flexibility index (Phi) is 7.56. The van der Waals surface area contributed by atoms with Gasteiger partial charge in [0.15, 0.2) is 0 Å². The minimum atomic E-state index is -4.59. The molecule has 2 aromatic heterocycles. The summed E-state index contributed by atoms with van der Waals surface area (Å²) >= 11 is 0. The van der Waals surface area contributed by atoms with Crippen molar-refractivity contribution in [3.8, 4) is 17.0 Å². The van der Waals surface area contributed by atoms with Crippen LogP contribution < -0.4 is 5.32 Å². The summed E-state index contributed by atoms with van der Waals surface area (Å²) < 4.78 is 40.6. The maximum absolute atomic E-state index is 13.5. The van der Waals surface area contributed by atoms with Gasteiger partial charge in [0.1, 0.15) is 11.3 Å². The van der Waals surface area contributed by atoms with E-state index in [2.05, 4.69) is 15.3 Å². The molecule has 0 fully saturated rings. The first-order valence-electron chi connectivity index (χ1n) is 11.8. The molecule has 196 valence electrons. The molecule has 1 amide bonds. The van der Waals surface area contributed by atoms with E-state index >= 15 is 0 Å². The summed E-state index contributed by atoms with van der Waals surface area (Å²) in [6, 6.07) is 10.9. The number of rotatable bonds is 8. The topological polar surface area (TPSA) is 118 Å². The lowest BCUT2D eigenvalue weighted by Gasteiger charge is -2.22. The first-order chi connectivity index (χ1) is 18.1. The summed E-state index contributed by atoms with van der Waals surface area (Å²) in [6.07, 6.45) is -0.416. The van der Waals surface area contributed by atoms with Crippen molar-refractivity contribution in [3.63, 3.8) is 0 Å². The molecule has 0 aliphatic carbocycles. The first kappa shape index (κ1) is 26.5. The zero-order valence-electron chi connectivity index (χ0n) is 20.2. The molecule has 2 aromatic carbocycles. The van der Waals surface area contributed by atoms with Crippen LogP contribution in [0.3, 0.4) is 0 Å². The minimum Gasteiger partial charge on any atom is -0.505 e.